The number of halogens is 1. The Morgan fingerprint density at radius 2 is 1.90 bits per heavy atom. The molecule has 3 rings (SSSR count). The fraction of sp³-hybridized carbons (Fsp3) is 0. The first-order valence-corrected chi connectivity index (χ1v) is 6.57. The monoisotopic (exact) mass is 299 g/mol. The molecular formula is C15H10ClN3O2. The zero-order valence-electron chi connectivity index (χ0n) is 10.8. The maximum atomic E-state index is 11.2. The summed E-state index contributed by atoms with van der Waals surface area (Å²) in [6.45, 7) is 0. The van der Waals surface area contributed by atoms with Crippen LogP contribution in [-0.2, 0) is 0 Å². The number of nitrogens with one attached hydrogen (secondary N) is 1. The lowest BCUT2D eigenvalue weighted by atomic mass is 10.1. The summed E-state index contributed by atoms with van der Waals surface area (Å²) in [4.78, 5) is 14.9. The highest BCUT2D eigenvalue weighted by molar-refractivity contribution is 6.31. The van der Waals surface area contributed by atoms with E-state index in [1.54, 1.807) is 18.2 Å². The van der Waals surface area contributed by atoms with E-state index in [-0.39, 0.29) is 5.69 Å². The second-order valence-corrected chi connectivity index (χ2v) is 4.86. The Kier molecular flexibility index (Phi) is 3.41. The second-order valence-electron chi connectivity index (χ2n) is 4.43. The summed E-state index contributed by atoms with van der Waals surface area (Å²) in [5, 5.41) is 15.4. The van der Waals surface area contributed by atoms with Gasteiger partial charge in [-0.3, -0.25) is 10.1 Å². The lowest BCUT2D eigenvalue weighted by Crippen LogP contribution is -1.99. The molecule has 6 heteroatoms. The predicted octanol–water partition coefficient (Wildman–Crippen LogP) is 4.54. The second kappa shape index (κ2) is 5.38. The largest absolute Gasteiger partial charge is 0.349 e. The van der Waals surface area contributed by atoms with Gasteiger partial charge in [0.2, 0.25) is 0 Å². The van der Waals surface area contributed by atoms with Crippen molar-refractivity contribution in [3.05, 3.63) is 69.9 Å². The van der Waals surface area contributed by atoms with E-state index in [1.807, 2.05) is 30.3 Å². The van der Waals surface area contributed by atoms with E-state index in [0.29, 0.717) is 21.6 Å². The predicted molar refractivity (Wildman–Crippen MR) is 83.1 cm³/mol. The van der Waals surface area contributed by atoms with Crippen LogP contribution < -0.4 is 5.32 Å². The molecule has 0 amide bonds. The summed E-state index contributed by atoms with van der Waals surface area (Å²) in [6.07, 6.45) is 1.25. The van der Waals surface area contributed by atoms with Gasteiger partial charge >= 0.3 is 5.69 Å². The summed E-state index contributed by atoms with van der Waals surface area (Å²) < 4.78 is 0. The molecule has 2 aromatic carbocycles. The van der Waals surface area contributed by atoms with E-state index >= 15 is 0 Å². The first-order chi connectivity index (χ1) is 10.1. The van der Waals surface area contributed by atoms with Crippen molar-refractivity contribution in [2.45, 2.75) is 0 Å². The van der Waals surface area contributed by atoms with Gasteiger partial charge in [-0.1, -0.05) is 29.8 Å². The maximum Gasteiger partial charge on any atom is 0.311 e. The fourth-order valence-corrected chi connectivity index (χ4v) is 2.26. The zero-order valence-corrected chi connectivity index (χ0v) is 11.5. The molecule has 3 aromatic rings. The first kappa shape index (κ1) is 13.3. The summed E-state index contributed by atoms with van der Waals surface area (Å²) in [5.41, 5.74) is 1.70. The highest BCUT2D eigenvalue weighted by Gasteiger charge is 2.18. The molecular weight excluding hydrogens is 290 g/mol. The molecule has 0 saturated heterocycles. The molecule has 1 aromatic heterocycles. The number of anilines is 2. The van der Waals surface area contributed by atoms with Gasteiger partial charge < -0.3 is 5.32 Å². The van der Waals surface area contributed by atoms with E-state index < -0.39 is 4.92 Å². The Morgan fingerprint density at radius 3 is 2.62 bits per heavy atom. The van der Waals surface area contributed by atoms with Crippen molar-refractivity contribution in [3.63, 3.8) is 0 Å². The van der Waals surface area contributed by atoms with Gasteiger partial charge in [-0.25, -0.2) is 4.98 Å². The Labute approximate surface area is 125 Å². The van der Waals surface area contributed by atoms with Crippen LogP contribution in [0.1, 0.15) is 0 Å². The van der Waals surface area contributed by atoms with Gasteiger partial charge in [0.15, 0.2) is 0 Å². The van der Waals surface area contributed by atoms with Crippen molar-refractivity contribution < 1.29 is 4.92 Å². The molecule has 104 valence electrons. The van der Waals surface area contributed by atoms with Crippen LogP contribution >= 0.6 is 11.6 Å². The Balaban J connectivity index is 2.23. The summed E-state index contributed by atoms with van der Waals surface area (Å²) in [7, 11) is 0. The van der Waals surface area contributed by atoms with Crippen LogP contribution in [0.25, 0.3) is 10.9 Å². The average Bonchev–Trinajstić information content (AvgIpc) is 2.48. The normalized spacial score (nSPS) is 10.5. The Morgan fingerprint density at radius 1 is 1.14 bits per heavy atom. The lowest BCUT2D eigenvalue weighted by molar-refractivity contribution is -0.384. The van der Waals surface area contributed by atoms with Gasteiger partial charge in [0, 0.05) is 16.1 Å². The minimum Gasteiger partial charge on any atom is -0.349 e. The van der Waals surface area contributed by atoms with E-state index in [9.17, 15) is 10.1 Å². The molecule has 0 radical (unpaired) electrons. The van der Waals surface area contributed by atoms with E-state index in [1.165, 1.54) is 6.20 Å². The van der Waals surface area contributed by atoms with Crippen molar-refractivity contribution in [2.75, 3.05) is 5.32 Å². The van der Waals surface area contributed by atoms with E-state index in [0.717, 1.165) is 5.69 Å². The SMILES string of the molecule is O=[N+]([O-])c1cnc2ccc(Cl)cc2c1Nc1ccccc1. The molecule has 0 fully saturated rings. The van der Waals surface area contributed by atoms with Crippen LogP contribution in [0.4, 0.5) is 17.1 Å². The van der Waals surface area contributed by atoms with Crippen molar-refractivity contribution in [2.24, 2.45) is 0 Å². The molecule has 21 heavy (non-hydrogen) atoms. The van der Waals surface area contributed by atoms with Crippen LogP contribution in [-0.4, -0.2) is 9.91 Å². The number of aromatic nitrogens is 1. The first-order valence-electron chi connectivity index (χ1n) is 6.20. The summed E-state index contributed by atoms with van der Waals surface area (Å²) in [6, 6.07) is 14.4. The standard InChI is InChI=1S/C15H10ClN3O2/c16-10-6-7-13-12(8-10)15(14(9-17-13)19(20)21)18-11-4-2-1-3-5-11/h1-9H,(H,17,18). The van der Waals surface area contributed by atoms with Crippen molar-refractivity contribution in [1.29, 1.82) is 0 Å². The Bertz CT molecular complexity index is 822. The van der Waals surface area contributed by atoms with Gasteiger partial charge in [-0.2, -0.15) is 0 Å². The summed E-state index contributed by atoms with van der Waals surface area (Å²) >= 11 is 6.00. The van der Waals surface area contributed by atoms with Crippen LogP contribution in [0.3, 0.4) is 0 Å². The smallest absolute Gasteiger partial charge is 0.311 e. The van der Waals surface area contributed by atoms with Crippen molar-refractivity contribution in [1.82, 2.24) is 4.98 Å². The van der Waals surface area contributed by atoms with Gasteiger partial charge in [-0.05, 0) is 30.3 Å². The third kappa shape index (κ3) is 2.64. The third-order valence-electron chi connectivity index (χ3n) is 3.05. The van der Waals surface area contributed by atoms with Crippen LogP contribution in [0.15, 0.2) is 54.7 Å². The fourth-order valence-electron chi connectivity index (χ4n) is 2.09. The minimum atomic E-state index is -0.460. The van der Waals surface area contributed by atoms with Crippen LogP contribution in [0, 0.1) is 10.1 Å². The van der Waals surface area contributed by atoms with Crippen LogP contribution in [0.5, 0.6) is 0 Å². The number of rotatable bonds is 3. The van der Waals surface area contributed by atoms with E-state index in [2.05, 4.69) is 10.3 Å². The Hall–Kier alpha value is -2.66. The zero-order chi connectivity index (χ0) is 14.8. The van der Waals surface area contributed by atoms with Gasteiger partial charge in [0.25, 0.3) is 0 Å². The number of benzene rings is 2. The van der Waals surface area contributed by atoms with Crippen molar-refractivity contribution >= 4 is 39.6 Å². The number of hydrogen-bond acceptors (Lipinski definition) is 4. The molecule has 0 atom stereocenters. The van der Waals surface area contributed by atoms with E-state index in [4.69, 9.17) is 11.6 Å². The van der Waals surface area contributed by atoms with Gasteiger partial charge in [-0.15, -0.1) is 0 Å². The molecule has 0 unspecified atom stereocenters. The highest BCUT2D eigenvalue weighted by Crippen LogP contribution is 2.35. The minimum absolute atomic E-state index is 0.0892. The van der Waals surface area contributed by atoms with Gasteiger partial charge in [0.1, 0.15) is 11.9 Å². The molecule has 1 heterocycles. The molecule has 0 spiro atoms. The third-order valence-corrected chi connectivity index (χ3v) is 3.28. The molecule has 1 N–H and O–H groups in total. The number of nitrogens with zero attached hydrogens (tertiary/aromatic N) is 2. The molecule has 5 nitrogen and oxygen atoms in total. The number of para-hydroxylation sites is 1. The maximum absolute atomic E-state index is 11.2. The lowest BCUT2D eigenvalue weighted by Gasteiger charge is -2.10. The quantitative estimate of drug-likeness (QED) is 0.569. The molecule has 0 aliphatic rings. The van der Waals surface area contributed by atoms with Crippen molar-refractivity contribution in [3.8, 4) is 0 Å². The topological polar surface area (TPSA) is 68.1 Å². The molecule has 0 bridgehead atoms. The molecule has 0 saturated carbocycles. The molecule has 0 aliphatic carbocycles. The number of fused-ring (bicyclic) bond motifs is 1. The average molecular weight is 300 g/mol. The van der Waals surface area contributed by atoms with Crippen LogP contribution in [0.2, 0.25) is 5.02 Å². The number of nitro groups is 1. The number of pyridine rings is 1. The summed E-state index contributed by atoms with van der Waals surface area (Å²) in [5.74, 6) is 0. The van der Waals surface area contributed by atoms with Gasteiger partial charge in [0.05, 0.1) is 10.4 Å². The highest BCUT2D eigenvalue weighted by atomic mass is 35.5. The number of hydrogen-bond donors (Lipinski definition) is 1. The molecule has 0 aliphatic heterocycles.